The number of hydrogen-bond acceptors (Lipinski definition) is 4. The van der Waals surface area contributed by atoms with Crippen LogP contribution in [-0.4, -0.2) is 5.91 Å². The monoisotopic (exact) mass is 259 g/mol. The maximum absolute atomic E-state index is 13.6. The first-order chi connectivity index (χ1) is 9.13. The third-order valence-corrected chi connectivity index (χ3v) is 2.43. The Morgan fingerprint density at radius 3 is 2.79 bits per heavy atom. The number of nitrogens with two attached hydrogens (primary N) is 1. The molecule has 6 heteroatoms. The average Bonchev–Trinajstić information content (AvgIpc) is 2.90. The van der Waals surface area contributed by atoms with Crippen molar-refractivity contribution in [3.05, 3.63) is 53.2 Å². The van der Waals surface area contributed by atoms with Gasteiger partial charge in [-0.15, -0.1) is 0 Å². The minimum atomic E-state index is -0.682. The highest BCUT2D eigenvalue weighted by atomic mass is 19.1. The Kier molecular flexibility index (Phi) is 3.59. The van der Waals surface area contributed by atoms with Crippen molar-refractivity contribution < 1.29 is 13.6 Å². The molecule has 19 heavy (non-hydrogen) atoms. The second-order valence-electron chi connectivity index (χ2n) is 3.73. The van der Waals surface area contributed by atoms with Crippen LogP contribution in [0.15, 0.2) is 34.7 Å². The van der Waals surface area contributed by atoms with Gasteiger partial charge in [-0.1, -0.05) is 0 Å². The van der Waals surface area contributed by atoms with Crippen molar-refractivity contribution in [3.63, 3.8) is 0 Å². The molecule has 3 N–H and O–H groups in total. The summed E-state index contributed by atoms with van der Waals surface area (Å²) in [5, 5.41) is 11.0. The summed E-state index contributed by atoms with van der Waals surface area (Å²) in [6.45, 7) is 0.179. The molecular formula is C13H10FN3O2. The van der Waals surface area contributed by atoms with Gasteiger partial charge in [-0.2, -0.15) is 5.26 Å². The number of nitrogens with zero attached hydrogens (tertiary/aromatic N) is 1. The zero-order valence-corrected chi connectivity index (χ0v) is 9.81. The summed E-state index contributed by atoms with van der Waals surface area (Å²) >= 11 is 0. The van der Waals surface area contributed by atoms with Crippen LogP contribution >= 0.6 is 0 Å². The van der Waals surface area contributed by atoms with Crippen LogP contribution in [-0.2, 0) is 6.54 Å². The van der Waals surface area contributed by atoms with E-state index in [2.05, 4.69) is 5.32 Å². The quantitative estimate of drug-likeness (QED) is 0.881. The van der Waals surface area contributed by atoms with Crippen molar-refractivity contribution in [1.82, 2.24) is 0 Å². The zero-order chi connectivity index (χ0) is 13.8. The number of rotatable bonds is 3. The van der Waals surface area contributed by atoms with Crippen LogP contribution < -0.4 is 11.1 Å². The number of nitriles is 1. The summed E-state index contributed by atoms with van der Waals surface area (Å²) in [5.41, 5.74) is 5.52. The van der Waals surface area contributed by atoms with Gasteiger partial charge in [-0.3, -0.25) is 4.79 Å². The highest BCUT2D eigenvalue weighted by Crippen LogP contribution is 2.17. The number of benzene rings is 1. The summed E-state index contributed by atoms with van der Waals surface area (Å²) in [6.07, 6.45) is 0. The predicted octanol–water partition coefficient (Wildman–Crippen LogP) is 2.00. The number of hydrogen-bond donors (Lipinski definition) is 2. The molecule has 0 spiro atoms. The van der Waals surface area contributed by atoms with Crippen LogP contribution in [0.2, 0.25) is 0 Å². The Morgan fingerprint density at radius 2 is 2.21 bits per heavy atom. The van der Waals surface area contributed by atoms with Crippen molar-refractivity contribution in [3.8, 4) is 6.07 Å². The number of halogens is 1. The summed E-state index contributed by atoms with van der Waals surface area (Å²) in [6, 6.07) is 8.61. The van der Waals surface area contributed by atoms with Crippen molar-refractivity contribution >= 4 is 11.6 Å². The van der Waals surface area contributed by atoms with E-state index in [4.69, 9.17) is 15.4 Å². The number of carbonyl (C=O) groups excluding carboxylic acids is 1. The molecule has 0 aliphatic rings. The molecule has 1 aromatic heterocycles. The van der Waals surface area contributed by atoms with Crippen LogP contribution in [0.1, 0.15) is 21.9 Å². The van der Waals surface area contributed by atoms with Gasteiger partial charge in [0.25, 0.3) is 5.91 Å². The lowest BCUT2D eigenvalue weighted by Crippen LogP contribution is -2.12. The summed E-state index contributed by atoms with van der Waals surface area (Å²) in [4.78, 5) is 11.8. The number of amides is 1. The Labute approximate surface area is 108 Å². The van der Waals surface area contributed by atoms with Gasteiger partial charge in [0.05, 0.1) is 23.9 Å². The third-order valence-electron chi connectivity index (χ3n) is 2.43. The van der Waals surface area contributed by atoms with Gasteiger partial charge in [0, 0.05) is 0 Å². The molecule has 0 radical (unpaired) electrons. The Bertz CT molecular complexity index is 658. The van der Waals surface area contributed by atoms with Gasteiger partial charge >= 0.3 is 0 Å². The van der Waals surface area contributed by atoms with Gasteiger partial charge < -0.3 is 15.5 Å². The summed E-state index contributed by atoms with van der Waals surface area (Å²) in [5.74, 6) is -0.754. The Morgan fingerprint density at radius 1 is 1.42 bits per heavy atom. The van der Waals surface area contributed by atoms with E-state index in [1.54, 1.807) is 12.1 Å². The molecule has 2 rings (SSSR count). The van der Waals surface area contributed by atoms with Crippen molar-refractivity contribution in [2.24, 2.45) is 5.73 Å². The molecule has 1 amide bonds. The average molecular weight is 259 g/mol. The molecule has 0 saturated carbocycles. The summed E-state index contributed by atoms with van der Waals surface area (Å²) < 4.78 is 18.7. The molecule has 0 aliphatic heterocycles. The van der Waals surface area contributed by atoms with E-state index < -0.39 is 11.7 Å². The molecule has 1 aromatic carbocycles. The minimum Gasteiger partial charge on any atom is -0.455 e. The molecule has 96 valence electrons. The molecule has 5 nitrogen and oxygen atoms in total. The van der Waals surface area contributed by atoms with Crippen molar-refractivity contribution in [2.75, 3.05) is 5.32 Å². The topological polar surface area (TPSA) is 92.0 Å². The lowest BCUT2D eigenvalue weighted by Gasteiger charge is -2.04. The normalized spacial score (nSPS) is 9.95. The van der Waals surface area contributed by atoms with Gasteiger partial charge in [0.15, 0.2) is 5.76 Å². The first-order valence-corrected chi connectivity index (χ1v) is 5.44. The van der Waals surface area contributed by atoms with Crippen molar-refractivity contribution in [2.45, 2.75) is 6.54 Å². The number of anilines is 1. The van der Waals surface area contributed by atoms with E-state index in [0.29, 0.717) is 5.76 Å². The third kappa shape index (κ3) is 2.78. The second kappa shape index (κ2) is 5.33. The molecule has 0 aliphatic carbocycles. The van der Waals surface area contributed by atoms with Crippen LogP contribution in [0.5, 0.6) is 0 Å². The van der Waals surface area contributed by atoms with E-state index in [9.17, 15) is 9.18 Å². The zero-order valence-electron chi connectivity index (χ0n) is 9.81. The van der Waals surface area contributed by atoms with Crippen LogP contribution in [0.3, 0.4) is 0 Å². The fraction of sp³-hybridized carbons (Fsp3) is 0.0769. The van der Waals surface area contributed by atoms with E-state index in [1.807, 2.05) is 0 Å². The predicted molar refractivity (Wildman–Crippen MR) is 65.7 cm³/mol. The van der Waals surface area contributed by atoms with Gasteiger partial charge in [0.2, 0.25) is 0 Å². The first kappa shape index (κ1) is 12.8. The number of carbonyl (C=O) groups is 1. The van der Waals surface area contributed by atoms with E-state index in [-0.39, 0.29) is 23.6 Å². The molecule has 0 atom stereocenters. The van der Waals surface area contributed by atoms with Crippen molar-refractivity contribution in [1.29, 1.82) is 5.26 Å². The molecule has 2 aromatic rings. The maximum Gasteiger partial charge on any atom is 0.291 e. The standard InChI is InChI=1S/C13H10FN3O2/c14-10-5-8(6-15)1-3-11(10)17-13(18)12-4-2-9(7-16)19-12/h1-5H,7,16H2,(H,17,18). The largest absolute Gasteiger partial charge is 0.455 e. The lowest BCUT2D eigenvalue weighted by atomic mass is 10.2. The number of nitrogens with one attached hydrogen (secondary N) is 1. The highest BCUT2D eigenvalue weighted by Gasteiger charge is 2.13. The Balaban J connectivity index is 2.17. The molecular weight excluding hydrogens is 249 g/mol. The molecule has 0 saturated heterocycles. The number of furan rings is 1. The van der Waals surface area contributed by atoms with Crippen LogP contribution in [0.25, 0.3) is 0 Å². The molecule has 0 fully saturated rings. The van der Waals surface area contributed by atoms with E-state index in [0.717, 1.165) is 6.07 Å². The van der Waals surface area contributed by atoms with E-state index in [1.165, 1.54) is 18.2 Å². The Hall–Kier alpha value is -2.65. The van der Waals surface area contributed by atoms with Gasteiger partial charge in [-0.25, -0.2) is 4.39 Å². The molecule has 0 unspecified atom stereocenters. The van der Waals surface area contributed by atoms with E-state index >= 15 is 0 Å². The van der Waals surface area contributed by atoms with Gasteiger partial charge in [-0.05, 0) is 30.3 Å². The van der Waals surface area contributed by atoms with Crippen LogP contribution in [0, 0.1) is 17.1 Å². The molecule has 1 heterocycles. The SMILES string of the molecule is N#Cc1ccc(NC(=O)c2ccc(CN)o2)c(F)c1. The first-order valence-electron chi connectivity index (χ1n) is 5.44. The minimum absolute atomic E-state index is 0.0188. The highest BCUT2D eigenvalue weighted by molar-refractivity contribution is 6.02. The van der Waals surface area contributed by atoms with Gasteiger partial charge in [0.1, 0.15) is 11.6 Å². The lowest BCUT2D eigenvalue weighted by molar-refractivity contribution is 0.0994. The maximum atomic E-state index is 13.6. The smallest absolute Gasteiger partial charge is 0.291 e. The fourth-order valence-electron chi connectivity index (χ4n) is 1.48. The second-order valence-corrected chi connectivity index (χ2v) is 3.73. The fourth-order valence-corrected chi connectivity index (χ4v) is 1.48. The van der Waals surface area contributed by atoms with Crippen LogP contribution in [0.4, 0.5) is 10.1 Å². The molecule has 0 bridgehead atoms. The summed E-state index contributed by atoms with van der Waals surface area (Å²) in [7, 11) is 0.